The molecule has 0 radical (unpaired) electrons. The van der Waals surface area contributed by atoms with E-state index in [0.29, 0.717) is 35.5 Å². The number of carbonyl (C=O) groups excluding carboxylic acids is 1. The third-order valence-electron chi connectivity index (χ3n) is 4.54. The number of amides is 1. The average molecular weight is 380 g/mol. The topological polar surface area (TPSA) is 88.7 Å². The van der Waals surface area contributed by atoms with Crippen molar-refractivity contribution in [2.45, 2.75) is 20.0 Å². The number of carbonyl (C=O) groups is 1. The number of hydrogen-bond donors (Lipinski definition) is 2. The highest BCUT2D eigenvalue weighted by Gasteiger charge is 2.09. The second kappa shape index (κ2) is 9.21. The molecule has 0 atom stereocenters. The Morgan fingerprint density at radius 1 is 0.862 bits per heavy atom. The summed E-state index contributed by atoms with van der Waals surface area (Å²) < 4.78 is 0. The molecule has 142 valence electrons. The Morgan fingerprint density at radius 3 is 2.17 bits per heavy atom. The maximum atomic E-state index is 12.5. The van der Waals surface area contributed by atoms with Gasteiger partial charge in [-0.2, -0.15) is 10.5 Å². The third-order valence-corrected chi connectivity index (χ3v) is 4.54. The highest BCUT2D eigenvalue weighted by molar-refractivity contribution is 5.94. The quantitative estimate of drug-likeness (QED) is 0.668. The molecule has 0 heterocycles. The minimum atomic E-state index is -0.150. The van der Waals surface area contributed by atoms with Crippen LogP contribution in [0.3, 0.4) is 0 Å². The Balaban J connectivity index is 1.67. The van der Waals surface area contributed by atoms with Gasteiger partial charge in [0.15, 0.2) is 0 Å². The van der Waals surface area contributed by atoms with E-state index in [2.05, 4.69) is 22.8 Å². The van der Waals surface area contributed by atoms with E-state index < -0.39 is 0 Å². The summed E-state index contributed by atoms with van der Waals surface area (Å²) in [5.41, 5.74) is 4.99. The number of nitrogens with zero attached hydrogens (tertiary/aromatic N) is 2. The Bertz CT molecular complexity index is 1070. The monoisotopic (exact) mass is 380 g/mol. The molecule has 0 aliphatic carbocycles. The van der Waals surface area contributed by atoms with Crippen molar-refractivity contribution in [3.63, 3.8) is 0 Å². The summed E-state index contributed by atoms with van der Waals surface area (Å²) in [6.45, 7) is 2.88. The van der Waals surface area contributed by atoms with Crippen molar-refractivity contribution in [3.05, 3.63) is 100 Å². The van der Waals surface area contributed by atoms with E-state index in [1.54, 1.807) is 30.3 Å². The summed E-state index contributed by atoms with van der Waals surface area (Å²) in [6.07, 6.45) is 0. The predicted molar refractivity (Wildman–Crippen MR) is 112 cm³/mol. The molecule has 0 unspecified atom stereocenters. The Labute approximate surface area is 170 Å². The molecule has 3 aromatic carbocycles. The molecule has 0 aliphatic heterocycles. The van der Waals surface area contributed by atoms with E-state index in [1.165, 1.54) is 5.56 Å². The molecule has 0 saturated heterocycles. The van der Waals surface area contributed by atoms with Crippen LogP contribution in [0.5, 0.6) is 0 Å². The second-order valence-electron chi connectivity index (χ2n) is 6.67. The summed E-state index contributed by atoms with van der Waals surface area (Å²) in [5, 5.41) is 24.6. The minimum absolute atomic E-state index is 0.150. The number of aryl methyl sites for hydroxylation is 1. The SMILES string of the molecule is Cc1ccc(CNC(=O)c2cccc(CNc3c(C#N)cccc3C#N)c2)cc1. The molecular formula is C24H20N4O. The van der Waals surface area contributed by atoms with Gasteiger partial charge >= 0.3 is 0 Å². The molecule has 3 rings (SSSR count). The first-order valence-electron chi connectivity index (χ1n) is 9.20. The molecule has 1 amide bonds. The first-order valence-corrected chi connectivity index (χ1v) is 9.20. The zero-order valence-electron chi connectivity index (χ0n) is 16.1. The van der Waals surface area contributed by atoms with Crippen LogP contribution in [0.4, 0.5) is 5.69 Å². The van der Waals surface area contributed by atoms with E-state index in [9.17, 15) is 15.3 Å². The summed E-state index contributed by atoms with van der Waals surface area (Å²) in [4.78, 5) is 12.5. The van der Waals surface area contributed by atoms with Crippen LogP contribution in [0, 0.1) is 29.6 Å². The van der Waals surface area contributed by atoms with Crippen LogP contribution in [0.1, 0.15) is 38.2 Å². The third kappa shape index (κ3) is 5.00. The first-order chi connectivity index (χ1) is 14.1. The van der Waals surface area contributed by atoms with Crippen molar-refractivity contribution in [1.82, 2.24) is 5.32 Å². The predicted octanol–water partition coefficient (Wildman–Crippen LogP) is 4.28. The van der Waals surface area contributed by atoms with Gasteiger partial charge in [-0.05, 0) is 42.3 Å². The van der Waals surface area contributed by atoms with E-state index in [0.717, 1.165) is 11.1 Å². The Morgan fingerprint density at radius 2 is 1.52 bits per heavy atom. The maximum Gasteiger partial charge on any atom is 0.251 e. The van der Waals surface area contributed by atoms with Gasteiger partial charge in [0.25, 0.3) is 5.91 Å². The molecule has 0 bridgehead atoms. The normalized spacial score (nSPS) is 9.90. The van der Waals surface area contributed by atoms with Gasteiger partial charge in [0.1, 0.15) is 12.1 Å². The van der Waals surface area contributed by atoms with Crippen molar-refractivity contribution < 1.29 is 4.79 Å². The van der Waals surface area contributed by atoms with Gasteiger partial charge in [-0.25, -0.2) is 0 Å². The number of rotatable bonds is 6. The summed E-state index contributed by atoms with van der Waals surface area (Å²) >= 11 is 0. The smallest absolute Gasteiger partial charge is 0.251 e. The van der Waals surface area contributed by atoms with Gasteiger partial charge < -0.3 is 10.6 Å². The maximum absolute atomic E-state index is 12.5. The largest absolute Gasteiger partial charge is 0.379 e. The van der Waals surface area contributed by atoms with Gasteiger partial charge in [0.2, 0.25) is 0 Å². The fourth-order valence-corrected chi connectivity index (χ4v) is 2.93. The molecular weight excluding hydrogens is 360 g/mol. The molecule has 0 fully saturated rings. The molecule has 5 heteroatoms. The van der Waals surface area contributed by atoms with Gasteiger partial charge in [-0.1, -0.05) is 48.0 Å². The minimum Gasteiger partial charge on any atom is -0.379 e. The van der Waals surface area contributed by atoms with Crippen LogP contribution < -0.4 is 10.6 Å². The molecule has 0 aliphatic rings. The summed E-state index contributed by atoms with van der Waals surface area (Å²) in [7, 11) is 0. The zero-order valence-corrected chi connectivity index (χ0v) is 16.1. The van der Waals surface area contributed by atoms with Crippen molar-refractivity contribution in [3.8, 4) is 12.1 Å². The van der Waals surface area contributed by atoms with Crippen LogP contribution in [0.25, 0.3) is 0 Å². The number of anilines is 1. The molecule has 3 aromatic rings. The van der Waals surface area contributed by atoms with Gasteiger partial charge in [0, 0.05) is 18.7 Å². The lowest BCUT2D eigenvalue weighted by Gasteiger charge is -2.11. The lowest BCUT2D eigenvalue weighted by molar-refractivity contribution is 0.0951. The van der Waals surface area contributed by atoms with Crippen molar-refractivity contribution >= 4 is 11.6 Å². The van der Waals surface area contributed by atoms with Crippen LogP contribution in [0.2, 0.25) is 0 Å². The highest BCUT2D eigenvalue weighted by Crippen LogP contribution is 2.21. The lowest BCUT2D eigenvalue weighted by Crippen LogP contribution is -2.23. The standard InChI is InChI=1S/C24H20N4O/c1-17-8-10-18(11-9-17)15-28-24(29)20-5-2-4-19(12-20)16-27-23-21(13-25)6-3-7-22(23)14-26/h2-12,27H,15-16H2,1H3,(H,28,29). The molecule has 2 N–H and O–H groups in total. The summed E-state index contributed by atoms with van der Waals surface area (Å²) in [6, 6.07) is 24.5. The van der Waals surface area contributed by atoms with Crippen molar-refractivity contribution in [1.29, 1.82) is 10.5 Å². The molecule has 0 aromatic heterocycles. The number of nitriles is 2. The summed E-state index contributed by atoms with van der Waals surface area (Å²) in [5.74, 6) is -0.150. The number of para-hydroxylation sites is 1. The van der Waals surface area contributed by atoms with Gasteiger partial charge in [-0.15, -0.1) is 0 Å². The van der Waals surface area contributed by atoms with Gasteiger partial charge in [-0.3, -0.25) is 4.79 Å². The van der Waals surface area contributed by atoms with Crippen molar-refractivity contribution in [2.24, 2.45) is 0 Å². The molecule has 5 nitrogen and oxygen atoms in total. The van der Waals surface area contributed by atoms with E-state index in [-0.39, 0.29) is 5.91 Å². The van der Waals surface area contributed by atoms with Crippen LogP contribution >= 0.6 is 0 Å². The fraction of sp³-hybridized carbons (Fsp3) is 0.125. The molecule has 0 saturated carbocycles. The first kappa shape index (κ1) is 19.7. The van der Waals surface area contributed by atoms with Crippen LogP contribution in [-0.2, 0) is 13.1 Å². The fourth-order valence-electron chi connectivity index (χ4n) is 2.93. The van der Waals surface area contributed by atoms with Crippen molar-refractivity contribution in [2.75, 3.05) is 5.32 Å². The lowest BCUT2D eigenvalue weighted by atomic mass is 10.1. The van der Waals surface area contributed by atoms with E-state index in [1.807, 2.05) is 43.3 Å². The van der Waals surface area contributed by atoms with E-state index >= 15 is 0 Å². The Hall–Kier alpha value is -4.09. The molecule has 29 heavy (non-hydrogen) atoms. The van der Waals surface area contributed by atoms with E-state index in [4.69, 9.17) is 0 Å². The average Bonchev–Trinajstić information content (AvgIpc) is 2.77. The number of benzene rings is 3. The molecule has 0 spiro atoms. The highest BCUT2D eigenvalue weighted by atomic mass is 16.1. The van der Waals surface area contributed by atoms with Gasteiger partial charge in [0.05, 0.1) is 16.8 Å². The van der Waals surface area contributed by atoms with Crippen LogP contribution in [0.15, 0.2) is 66.7 Å². The van der Waals surface area contributed by atoms with Crippen LogP contribution in [-0.4, -0.2) is 5.91 Å². The Kier molecular flexibility index (Phi) is 6.25. The number of hydrogen-bond acceptors (Lipinski definition) is 4. The zero-order chi connectivity index (χ0) is 20.6. The number of nitrogens with one attached hydrogen (secondary N) is 2. The second-order valence-corrected chi connectivity index (χ2v) is 6.67.